The largest absolute Gasteiger partial charge is 0.399 e. The van der Waals surface area contributed by atoms with E-state index in [1.807, 2.05) is 30.3 Å². The fourth-order valence-electron chi connectivity index (χ4n) is 7.27. The number of likely N-dealkylation sites (tertiary alicyclic amines) is 1. The van der Waals surface area contributed by atoms with Crippen molar-refractivity contribution in [1.29, 1.82) is 5.26 Å². The molecule has 47 heavy (non-hydrogen) atoms. The average molecular weight is 685 g/mol. The van der Waals surface area contributed by atoms with Crippen molar-refractivity contribution in [2.24, 2.45) is 5.92 Å². The van der Waals surface area contributed by atoms with Crippen LogP contribution in [0, 0.1) is 17.2 Å². The summed E-state index contributed by atoms with van der Waals surface area (Å²) in [6.45, 7) is 2.31. The normalized spacial score (nSPS) is 26.9. The Bertz CT molecular complexity index is 1810. The third-order valence-corrected chi connectivity index (χ3v) is 11.9. The van der Waals surface area contributed by atoms with E-state index >= 15 is 0 Å². The lowest BCUT2D eigenvalue weighted by molar-refractivity contribution is -0.149. The number of alkyl halides is 2. The molecule has 0 bridgehead atoms. The first kappa shape index (κ1) is 33.2. The Hall–Kier alpha value is -3.69. The van der Waals surface area contributed by atoms with Crippen LogP contribution in [0.1, 0.15) is 72.2 Å². The summed E-state index contributed by atoms with van der Waals surface area (Å²) in [5.41, 5.74) is -5.61. The number of rotatable bonds is 6. The molecule has 1 unspecified atom stereocenters. The van der Waals surface area contributed by atoms with Gasteiger partial charge < -0.3 is 24.9 Å². The number of nitriles is 1. The van der Waals surface area contributed by atoms with Crippen LogP contribution in [0.4, 0.5) is 8.78 Å². The van der Waals surface area contributed by atoms with Gasteiger partial charge in [-0.15, -0.1) is 11.3 Å². The van der Waals surface area contributed by atoms with Gasteiger partial charge in [-0.1, -0.05) is 49.2 Å². The average Bonchev–Trinajstić information content (AvgIpc) is 3.78. The van der Waals surface area contributed by atoms with Crippen LogP contribution < -0.4 is 5.32 Å². The van der Waals surface area contributed by atoms with Crippen molar-refractivity contribution in [3.05, 3.63) is 70.6 Å². The predicted molar refractivity (Wildman–Crippen MR) is 171 cm³/mol. The van der Waals surface area contributed by atoms with Crippen molar-refractivity contribution in [3.63, 3.8) is 0 Å². The molecule has 248 valence electrons. The Morgan fingerprint density at radius 1 is 1.09 bits per heavy atom. The Kier molecular flexibility index (Phi) is 8.76. The molecule has 1 aromatic heterocycles. The second-order valence-electron chi connectivity index (χ2n) is 12.9. The van der Waals surface area contributed by atoms with Gasteiger partial charge in [0.2, 0.25) is 11.8 Å². The summed E-state index contributed by atoms with van der Waals surface area (Å²) in [6.07, 6.45) is 3.69. The van der Waals surface area contributed by atoms with Crippen LogP contribution in [0.5, 0.6) is 0 Å². The van der Waals surface area contributed by atoms with E-state index in [2.05, 4.69) is 11.4 Å². The van der Waals surface area contributed by atoms with Gasteiger partial charge in [-0.3, -0.25) is 18.9 Å². The smallest absolute Gasteiger partial charge is 0.339 e. The number of carbonyl (C=O) groups is 3. The maximum Gasteiger partial charge on any atom is 0.399 e. The van der Waals surface area contributed by atoms with E-state index in [0.29, 0.717) is 36.9 Å². The van der Waals surface area contributed by atoms with Crippen LogP contribution in [0.3, 0.4) is 0 Å². The van der Waals surface area contributed by atoms with Crippen molar-refractivity contribution >= 4 is 46.7 Å². The van der Waals surface area contributed by atoms with Crippen molar-refractivity contribution in [2.75, 3.05) is 13.1 Å². The van der Waals surface area contributed by atoms with E-state index in [1.165, 1.54) is 12.1 Å². The number of amides is 3. The molecule has 10 nitrogen and oxygen atoms in total. The van der Waals surface area contributed by atoms with Gasteiger partial charge in [0.05, 0.1) is 16.9 Å². The number of fused-ring (bicyclic) bond motifs is 2. The zero-order chi connectivity index (χ0) is 33.7. The van der Waals surface area contributed by atoms with Gasteiger partial charge in [0, 0.05) is 35.3 Å². The Morgan fingerprint density at radius 2 is 1.83 bits per heavy atom. The Morgan fingerprint density at radius 3 is 2.53 bits per heavy atom. The monoisotopic (exact) mass is 684 g/mol. The van der Waals surface area contributed by atoms with Crippen LogP contribution in [-0.2, 0) is 19.8 Å². The van der Waals surface area contributed by atoms with Crippen molar-refractivity contribution in [1.82, 2.24) is 15.1 Å². The zero-order valence-electron chi connectivity index (χ0n) is 25.6. The highest BCUT2D eigenvalue weighted by atomic mass is 32.1. The standard InChI is InChI=1S/C33H35F2N4O6PS/c1-32(37-29(40)28-16-21-15-23(10-13-27(21)47-28)33(34,35)46(43,44)45)14-6-5-9-24-11-12-26(39(24)31(32)42)30(41)38-18-22(17-36)25(19-38)20-7-3-2-4-8-20/h2-4,7-8,10,13,15-16,22,24-26H,5-6,9,11-12,14,18-19H2,1H3,(H,37,40)(H2,43,44,45)/t22-,24-,25?,26-,32-/m0/s1. The molecular weight excluding hydrogens is 649 g/mol. The summed E-state index contributed by atoms with van der Waals surface area (Å²) in [5, 5.41) is 13.0. The number of hydrogen-bond donors (Lipinski definition) is 3. The second kappa shape index (κ2) is 12.4. The van der Waals surface area contributed by atoms with Gasteiger partial charge in [0.25, 0.3) is 5.91 Å². The fourth-order valence-corrected chi connectivity index (χ4v) is 8.68. The lowest BCUT2D eigenvalue weighted by atomic mass is 9.88. The van der Waals surface area contributed by atoms with E-state index in [9.17, 15) is 33.0 Å². The summed E-state index contributed by atoms with van der Waals surface area (Å²) in [5.74, 6) is -1.64. The lowest BCUT2D eigenvalue weighted by Gasteiger charge is -2.41. The Balaban J connectivity index is 1.22. The molecule has 3 aliphatic heterocycles. The van der Waals surface area contributed by atoms with E-state index in [4.69, 9.17) is 9.79 Å². The van der Waals surface area contributed by atoms with Crippen LogP contribution in [-0.4, -0.2) is 68.0 Å². The molecule has 2 aromatic carbocycles. The number of nitrogens with one attached hydrogen (secondary N) is 1. The van der Waals surface area contributed by atoms with Gasteiger partial charge in [-0.2, -0.15) is 14.0 Å². The minimum atomic E-state index is -5.77. The topological polar surface area (TPSA) is 151 Å². The molecule has 5 atom stereocenters. The van der Waals surface area contributed by atoms with E-state index in [1.54, 1.807) is 16.7 Å². The third-order valence-electron chi connectivity index (χ3n) is 9.83. The summed E-state index contributed by atoms with van der Waals surface area (Å²) in [7, 11) is -5.77. The molecule has 4 heterocycles. The van der Waals surface area contributed by atoms with Crippen LogP contribution in [0.15, 0.2) is 54.6 Å². The SMILES string of the molecule is C[C@]1(NC(=O)c2cc3cc(C(F)(F)P(=O)(O)O)ccc3s2)CCCC[C@H]2CC[C@@H](C(=O)N3CC(c4ccccc4)[C@@H](C#N)C3)N2C1=O. The molecule has 3 N–H and O–H groups in total. The molecule has 0 aliphatic carbocycles. The maximum absolute atomic E-state index is 14.4. The molecule has 3 saturated heterocycles. The minimum Gasteiger partial charge on any atom is -0.339 e. The van der Waals surface area contributed by atoms with Crippen molar-refractivity contribution < 1.29 is 37.5 Å². The van der Waals surface area contributed by atoms with Crippen molar-refractivity contribution in [2.45, 2.75) is 74.7 Å². The summed E-state index contributed by atoms with van der Waals surface area (Å²) in [6, 6.07) is 15.6. The molecule has 0 spiro atoms. The first-order chi connectivity index (χ1) is 22.2. The summed E-state index contributed by atoms with van der Waals surface area (Å²) < 4.78 is 40.5. The zero-order valence-corrected chi connectivity index (χ0v) is 27.4. The van der Waals surface area contributed by atoms with E-state index < -0.39 is 36.3 Å². The quantitative estimate of drug-likeness (QED) is 0.298. The van der Waals surface area contributed by atoms with E-state index in [0.717, 1.165) is 41.9 Å². The van der Waals surface area contributed by atoms with Gasteiger partial charge in [-0.25, -0.2) is 0 Å². The van der Waals surface area contributed by atoms with Crippen LogP contribution >= 0.6 is 18.9 Å². The van der Waals surface area contributed by atoms with Crippen LogP contribution in [0.2, 0.25) is 0 Å². The van der Waals surface area contributed by atoms with Gasteiger partial charge in [0.1, 0.15) is 11.6 Å². The highest BCUT2D eigenvalue weighted by Crippen LogP contribution is 2.59. The van der Waals surface area contributed by atoms with Gasteiger partial charge in [-0.05, 0) is 61.8 Å². The van der Waals surface area contributed by atoms with E-state index in [-0.39, 0.29) is 46.5 Å². The van der Waals surface area contributed by atoms with Gasteiger partial charge in [0.15, 0.2) is 0 Å². The van der Waals surface area contributed by atoms with Crippen molar-refractivity contribution in [3.8, 4) is 6.07 Å². The molecule has 3 fully saturated rings. The first-order valence-electron chi connectivity index (χ1n) is 15.6. The van der Waals surface area contributed by atoms with Crippen LogP contribution in [0.25, 0.3) is 10.1 Å². The Labute approximate surface area is 274 Å². The number of benzene rings is 2. The number of nitrogens with zero attached hydrogens (tertiary/aromatic N) is 3. The second-order valence-corrected chi connectivity index (χ2v) is 15.7. The highest BCUT2D eigenvalue weighted by Gasteiger charge is 2.52. The molecular formula is C33H35F2N4O6PS. The number of hydrogen-bond acceptors (Lipinski definition) is 6. The highest BCUT2D eigenvalue weighted by molar-refractivity contribution is 7.52. The maximum atomic E-state index is 14.4. The molecule has 6 rings (SSSR count). The first-order valence-corrected chi connectivity index (χ1v) is 18.0. The minimum absolute atomic E-state index is 0.129. The number of thiophene rings is 1. The molecule has 0 saturated carbocycles. The van der Waals surface area contributed by atoms with Gasteiger partial charge >= 0.3 is 13.3 Å². The summed E-state index contributed by atoms with van der Waals surface area (Å²) >= 11 is 1.01. The molecule has 3 aromatic rings. The third kappa shape index (κ3) is 6.08. The predicted octanol–water partition coefficient (Wildman–Crippen LogP) is 5.32. The number of halogens is 2. The molecule has 3 amide bonds. The lowest BCUT2D eigenvalue weighted by Crippen LogP contribution is -2.62. The molecule has 14 heteroatoms. The number of carbonyl (C=O) groups excluding carboxylic acids is 3. The molecule has 0 radical (unpaired) electrons. The summed E-state index contributed by atoms with van der Waals surface area (Å²) in [4.78, 5) is 63.7. The molecule has 3 aliphatic rings. The fraction of sp³-hybridized carbons (Fsp3) is 0.455.